The molecule has 0 aromatic heterocycles. The molecular formula is C16H15ClN2O2. The molecule has 2 aromatic carbocycles. The number of rotatable bonds is 3. The lowest BCUT2D eigenvalue weighted by Crippen LogP contribution is -2.20. The van der Waals surface area contributed by atoms with Gasteiger partial charge in [0.2, 0.25) is 0 Å². The molecule has 2 N–H and O–H groups in total. The van der Waals surface area contributed by atoms with Crippen LogP contribution in [-0.2, 0) is 0 Å². The van der Waals surface area contributed by atoms with E-state index >= 15 is 0 Å². The number of benzene rings is 2. The molecule has 0 radical (unpaired) electrons. The van der Waals surface area contributed by atoms with Crippen LogP contribution in [0.5, 0.6) is 0 Å². The third kappa shape index (κ3) is 4.07. The first-order valence-electron chi connectivity index (χ1n) is 6.41. The van der Waals surface area contributed by atoms with Gasteiger partial charge in [-0.05, 0) is 55.8 Å². The number of amides is 2. The smallest absolute Gasteiger partial charge is 0.308 e. The third-order valence-electron chi connectivity index (χ3n) is 3.00. The van der Waals surface area contributed by atoms with Crippen LogP contribution in [-0.4, -0.2) is 11.8 Å². The maximum atomic E-state index is 11.9. The summed E-state index contributed by atoms with van der Waals surface area (Å²) in [4.78, 5) is 23.1. The van der Waals surface area contributed by atoms with E-state index in [1.54, 1.807) is 36.4 Å². The van der Waals surface area contributed by atoms with E-state index in [0.29, 0.717) is 22.0 Å². The van der Waals surface area contributed by atoms with Crippen LogP contribution in [0.3, 0.4) is 0 Å². The molecule has 2 aromatic rings. The standard InChI is InChI=1S/C16H15ClN2O2/c1-10-3-6-13(17)9-15(10)19-16(21)18-14-7-4-12(5-8-14)11(2)20/h3-9H,1-2H3,(H2,18,19,21). The van der Waals surface area contributed by atoms with Crippen molar-refractivity contribution in [3.63, 3.8) is 0 Å². The molecular weight excluding hydrogens is 288 g/mol. The topological polar surface area (TPSA) is 58.2 Å². The van der Waals surface area contributed by atoms with Crippen molar-refractivity contribution in [3.8, 4) is 0 Å². The van der Waals surface area contributed by atoms with Gasteiger partial charge in [-0.25, -0.2) is 4.79 Å². The molecule has 0 saturated carbocycles. The minimum Gasteiger partial charge on any atom is -0.308 e. The van der Waals surface area contributed by atoms with Crippen molar-refractivity contribution >= 4 is 34.8 Å². The van der Waals surface area contributed by atoms with Gasteiger partial charge in [-0.2, -0.15) is 0 Å². The third-order valence-corrected chi connectivity index (χ3v) is 3.23. The van der Waals surface area contributed by atoms with E-state index in [4.69, 9.17) is 11.6 Å². The first kappa shape index (κ1) is 15.1. The van der Waals surface area contributed by atoms with E-state index in [1.165, 1.54) is 6.92 Å². The lowest BCUT2D eigenvalue weighted by molar-refractivity contribution is 0.101. The number of Topliss-reactive ketones (excluding diaryl/α,β-unsaturated/α-hetero) is 1. The van der Waals surface area contributed by atoms with Gasteiger partial charge in [0.05, 0.1) is 0 Å². The second-order valence-electron chi connectivity index (χ2n) is 4.67. The van der Waals surface area contributed by atoms with Crippen molar-refractivity contribution in [2.75, 3.05) is 10.6 Å². The molecule has 5 heteroatoms. The van der Waals surface area contributed by atoms with Crippen LogP contribution in [0.1, 0.15) is 22.8 Å². The largest absolute Gasteiger partial charge is 0.323 e. The molecule has 0 unspecified atom stereocenters. The van der Waals surface area contributed by atoms with Crippen LogP contribution in [0.4, 0.5) is 16.2 Å². The Hall–Kier alpha value is -2.33. The van der Waals surface area contributed by atoms with Gasteiger partial charge >= 0.3 is 6.03 Å². The van der Waals surface area contributed by atoms with Crippen molar-refractivity contribution in [3.05, 3.63) is 58.6 Å². The van der Waals surface area contributed by atoms with E-state index in [-0.39, 0.29) is 11.8 Å². The molecule has 108 valence electrons. The Morgan fingerprint density at radius 1 is 1.00 bits per heavy atom. The summed E-state index contributed by atoms with van der Waals surface area (Å²) in [6.07, 6.45) is 0. The van der Waals surface area contributed by atoms with Gasteiger partial charge in [-0.1, -0.05) is 17.7 Å². The van der Waals surface area contributed by atoms with Gasteiger partial charge in [0, 0.05) is 22.0 Å². The molecule has 21 heavy (non-hydrogen) atoms. The number of hydrogen-bond donors (Lipinski definition) is 2. The fourth-order valence-corrected chi connectivity index (χ4v) is 1.97. The maximum absolute atomic E-state index is 11.9. The zero-order valence-corrected chi connectivity index (χ0v) is 12.5. The quantitative estimate of drug-likeness (QED) is 0.820. The monoisotopic (exact) mass is 302 g/mol. The number of carbonyl (C=O) groups is 2. The van der Waals surface area contributed by atoms with Crippen molar-refractivity contribution in [2.24, 2.45) is 0 Å². The molecule has 0 aliphatic rings. The Morgan fingerprint density at radius 3 is 2.29 bits per heavy atom. The Balaban J connectivity index is 2.04. The van der Waals surface area contributed by atoms with Crippen LogP contribution in [0.2, 0.25) is 5.02 Å². The molecule has 0 fully saturated rings. The summed E-state index contributed by atoms with van der Waals surface area (Å²) in [5.74, 6) is -0.0134. The highest BCUT2D eigenvalue weighted by molar-refractivity contribution is 6.31. The Labute approximate surface area is 128 Å². The molecule has 0 aliphatic heterocycles. The molecule has 0 saturated heterocycles. The highest BCUT2D eigenvalue weighted by Crippen LogP contribution is 2.20. The molecule has 4 nitrogen and oxygen atoms in total. The fraction of sp³-hybridized carbons (Fsp3) is 0.125. The summed E-state index contributed by atoms with van der Waals surface area (Å²) in [6, 6.07) is 11.6. The van der Waals surface area contributed by atoms with Gasteiger partial charge in [-0.3, -0.25) is 4.79 Å². The van der Waals surface area contributed by atoms with E-state index in [0.717, 1.165) is 5.56 Å². The second kappa shape index (κ2) is 6.41. The Kier molecular flexibility index (Phi) is 4.60. The summed E-state index contributed by atoms with van der Waals surface area (Å²) < 4.78 is 0. The van der Waals surface area contributed by atoms with Gasteiger partial charge in [-0.15, -0.1) is 0 Å². The fourth-order valence-electron chi connectivity index (χ4n) is 1.80. The summed E-state index contributed by atoms with van der Waals surface area (Å²) in [5.41, 5.74) is 2.78. The molecule has 2 rings (SSSR count). The van der Waals surface area contributed by atoms with Crippen molar-refractivity contribution in [2.45, 2.75) is 13.8 Å². The predicted molar refractivity (Wildman–Crippen MR) is 85.3 cm³/mol. The lowest BCUT2D eigenvalue weighted by Gasteiger charge is -2.10. The molecule has 0 spiro atoms. The Morgan fingerprint density at radius 2 is 1.67 bits per heavy atom. The minimum atomic E-state index is -0.365. The molecule has 0 atom stereocenters. The number of nitrogens with one attached hydrogen (secondary N) is 2. The number of ketones is 1. The average molecular weight is 303 g/mol. The molecule has 0 bridgehead atoms. The normalized spacial score (nSPS) is 10.0. The lowest BCUT2D eigenvalue weighted by atomic mass is 10.1. The summed E-state index contributed by atoms with van der Waals surface area (Å²) in [6.45, 7) is 3.38. The maximum Gasteiger partial charge on any atom is 0.323 e. The zero-order valence-electron chi connectivity index (χ0n) is 11.7. The van der Waals surface area contributed by atoms with Gasteiger partial charge in [0.25, 0.3) is 0 Å². The number of carbonyl (C=O) groups excluding carboxylic acids is 2. The summed E-state index contributed by atoms with van der Waals surface area (Å²) in [5, 5.41) is 5.99. The van der Waals surface area contributed by atoms with Gasteiger partial charge in [0.15, 0.2) is 5.78 Å². The van der Waals surface area contributed by atoms with E-state index < -0.39 is 0 Å². The minimum absolute atomic E-state index is 0.0134. The van der Waals surface area contributed by atoms with Crippen molar-refractivity contribution in [1.29, 1.82) is 0 Å². The highest BCUT2D eigenvalue weighted by Gasteiger charge is 2.06. The predicted octanol–water partition coefficient (Wildman–Crippen LogP) is 4.50. The summed E-state index contributed by atoms with van der Waals surface area (Å²) in [7, 11) is 0. The number of anilines is 2. The van der Waals surface area contributed by atoms with E-state index in [2.05, 4.69) is 10.6 Å². The second-order valence-corrected chi connectivity index (χ2v) is 5.11. The van der Waals surface area contributed by atoms with Crippen LogP contribution < -0.4 is 10.6 Å². The van der Waals surface area contributed by atoms with E-state index in [9.17, 15) is 9.59 Å². The SMILES string of the molecule is CC(=O)c1ccc(NC(=O)Nc2cc(Cl)ccc2C)cc1. The van der Waals surface area contributed by atoms with Crippen LogP contribution >= 0.6 is 11.6 Å². The van der Waals surface area contributed by atoms with Crippen LogP contribution in [0.15, 0.2) is 42.5 Å². The number of aryl methyl sites for hydroxylation is 1. The Bertz CT molecular complexity index is 681. The average Bonchev–Trinajstić information content (AvgIpc) is 2.43. The summed E-state index contributed by atoms with van der Waals surface area (Å²) >= 11 is 5.90. The first-order valence-corrected chi connectivity index (χ1v) is 6.78. The van der Waals surface area contributed by atoms with Gasteiger partial charge in [0.1, 0.15) is 0 Å². The first-order chi connectivity index (χ1) is 9.95. The number of urea groups is 1. The van der Waals surface area contributed by atoms with Crippen LogP contribution in [0, 0.1) is 6.92 Å². The van der Waals surface area contributed by atoms with E-state index in [1.807, 2.05) is 13.0 Å². The zero-order chi connectivity index (χ0) is 15.4. The van der Waals surface area contributed by atoms with Crippen molar-refractivity contribution in [1.82, 2.24) is 0 Å². The van der Waals surface area contributed by atoms with Crippen molar-refractivity contribution < 1.29 is 9.59 Å². The van der Waals surface area contributed by atoms with Crippen LogP contribution in [0.25, 0.3) is 0 Å². The highest BCUT2D eigenvalue weighted by atomic mass is 35.5. The number of halogens is 1. The van der Waals surface area contributed by atoms with Gasteiger partial charge < -0.3 is 10.6 Å². The number of hydrogen-bond acceptors (Lipinski definition) is 2. The molecule has 0 aliphatic carbocycles. The molecule has 2 amide bonds. The molecule has 0 heterocycles.